The fourth-order valence-electron chi connectivity index (χ4n) is 3.42. The fourth-order valence-corrected chi connectivity index (χ4v) is 3.42. The summed E-state index contributed by atoms with van der Waals surface area (Å²) >= 11 is 0. The summed E-state index contributed by atoms with van der Waals surface area (Å²) in [5, 5.41) is 6.77. The maximum Gasteiger partial charge on any atom is 0.281 e. The van der Waals surface area contributed by atoms with Crippen LogP contribution in [0.4, 0.5) is 14.6 Å². The summed E-state index contributed by atoms with van der Waals surface area (Å²) in [7, 11) is 0. The highest BCUT2D eigenvalue weighted by Gasteiger charge is 2.22. The Morgan fingerprint density at radius 1 is 1.09 bits per heavy atom. The first-order valence-corrected chi connectivity index (χ1v) is 11.0. The van der Waals surface area contributed by atoms with Gasteiger partial charge in [-0.15, -0.1) is 0 Å². The van der Waals surface area contributed by atoms with Gasteiger partial charge in [0, 0.05) is 41.6 Å². The summed E-state index contributed by atoms with van der Waals surface area (Å²) in [5.74, 6) is -0.276. The van der Waals surface area contributed by atoms with E-state index in [2.05, 4.69) is 25.6 Å². The molecule has 0 saturated carbocycles. The van der Waals surface area contributed by atoms with E-state index in [0.717, 1.165) is 5.39 Å². The van der Waals surface area contributed by atoms with E-state index in [0.29, 0.717) is 22.5 Å². The quantitative estimate of drug-likeness (QED) is 0.457. The first-order chi connectivity index (χ1) is 16.0. The zero-order chi connectivity index (χ0) is 25.0. The number of nitrogens with one attached hydrogen (secondary N) is 2. The van der Waals surface area contributed by atoms with Gasteiger partial charge in [0.1, 0.15) is 17.8 Å². The van der Waals surface area contributed by atoms with Crippen molar-refractivity contribution in [3.8, 4) is 0 Å². The number of ketones is 1. The molecule has 3 aromatic rings. The third kappa shape index (κ3) is 6.09. The number of carbonyl (C=O) groups is 2. The molecule has 34 heavy (non-hydrogen) atoms. The van der Waals surface area contributed by atoms with Crippen molar-refractivity contribution in [2.75, 3.05) is 5.32 Å². The number of anilines is 1. The third-order valence-corrected chi connectivity index (χ3v) is 5.07. The molecule has 2 aromatic heterocycles. The van der Waals surface area contributed by atoms with Crippen molar-refractivity contribution in [2.24, 2.45) is 5.92 Å². The van der Waals surface area contributed by atoms with Gasteiger partial charge in [0.15, 0.2) is 5.78 Å². The van der Waals surface area contributed by atoms with Crippen LogP contribution in [0.3, 0.4) is 0 Å². The number of pyridine rings is 1. The highest BCUT2D eigenvalue weighted by molar-refractivity contribution is 6.01. The first-order valence-electron chi connectivity index (χ1n) is 11.0. The Morgan fingerprint density at radius 2 is 1.82 bits per heavy atom. The molecule has 7 nitrogen and oxygen atoms in total. The number of para-hydroxylation sites is 1. The lowest BCUT2D eigenvalue weighted by Gasteiger charge is -2.22. The second-order valence-electron chi connectivity index (χ2n) is 9.46. The number of carbonyl (C=O) groups excluding carboxylic acids is 2. The Labute approximate surface area is 197 Å². The minimum atomic E-state index is -2.91. The van der Waals surface area contributed by atoms with Crippen LogP contribution in [-0.2, 0) is 17.8 Å². The van der Waals surface area contributed by atoms with Crippen molar-refractivity contribution in [3.63, 3.8) is 0 Å². The molecular formula is C25H29F2N5O2. The molecule has 0 unspecified atom stereocenters. The van der Waals surface area contributed by atoms with Gasteiger partial charge < -0.3 is 10.6 Å². The number of aromatic nitrogens is 3. The molecule has 1 aromatic carbocycles. The predicted molar refractivity (Wildman–Crippen MR) is 127 cm³/mol. The molecule has 0 aliphatic carbocycles. The molecule has 3 rings (SSSR count). The van der Waals surface area contributed by atoms with E-state index < -0.39 is 17.9 Å². The SMILES string of the molecule is CC(C)C(=O)NCc1cnc(C(F)F)c(C(=O)Cc2cccc3c(NC(C)(C)C)ncnc23)c1. The summed E-state index contributed by atoms with van der Waals surface area (Å²) in [6.07, 6.45) is -0.370. The largest absolute Gasteiger partial charge is 0.365 e. The van der Waals surface area contributed by atoms with Crippen molar-refractivity contribution in [1.82, 2.24) is 20.3 Å². The van der Waals surface area contributed by atoms with Gasteiger partial charge in [-0.05, 0) is 44.0 Å². The summed E-state index contributed by atoms with van der Waals surface area (Å²) < 4.78 is 27.3. The Hall–Kier alpha value is -3.49. The molecule has 2 heterocycles. The van der Waals surface area contributed by atoms with Gasteiger partial charge in [-0.3, -0.25) is 14.6 Å². The number of benzene rings is 1. The number of nitrogens with zero attached hydrogens (tertiary/aromatic N) is 3. The van der Waals surface area contributed by atoms with Gasteiger partial charge in [0.2, 0.25) is 5.91 Å². The van der Waals surface area contributed by atoms with E-state index in [9.17, 15) is 18.4 Å². The normalized spacial score (nSPS) is 11.8. The van der Waals surface area contributed by atoms with Crippen LogP contribution in [0, 0.1) is 5.92 Å². The van der Waals surface area contributed by atoms with Crippen LogP contribution in [0.15, 0.2) is 36.8 Å². The molecule has 2 N–H and O–H groups in total. The monoisotopic (exact) mass is 469 g/mol. The van der Waals surface area contributed by atoms with Crippen LogP contribution in [0.25, 0.3) is 10.9 Å². The number of Topliss-reactive ketones (excluding diaryl/α,β-unsaturated/α-hetero) is 1. The van der Waals surface area contributed by atoms with Crippen LogP contribution in [0.1, 0.15) is 68.2 Å². The smallest absolute Gasteiger partial charge is 0.281 e. The van der Waals surface area contributed by atoms with E-state index in [1.807, 2.05) is 26.8 Å². The number of rotatable bonds is 8. The van der Waals surface area contributed by atoms with Crippen LogP contribution in [-0.4, -0.2) is 32.2 Å². The number of fused-ring (bicyclic) bond motifs is 1. The maximum atomic E-state index is 13.6. The summed E-state index contributed by atoms with van der Waals surface area (Å²) in [6, 6.07) is 6.76. The number of amides is 1. The second-order valence-corrected chi connectivity index (χ2v) is 9.46. The Balaban J connectivity index is 1.93. The van der Waals surface area contributed by atoms with Gasteiger partial charge in [-0.1, -0.05) is 26.0 Å². The standard InChI is InChI=1S/C25H29F2N5O2/c1-14(2)24(34)29-12-15-9-18(21(22(26)27)28-11-15)19(33)10-16-7-6-8-17-20(16)30-13-31-23(17)32-25(3,4)5/h6-9,11,13-14,22H,10,12H2,1-5H3,(H,29,34)(H,30,31,32). The van der Waals surface area contributed by atoms with E-state index in [1.54, 1.807) is 26.0 Å². The molecule has 0 saturated heterocycles. The maximum absolute atomic E-state index is 13.6. The highest BCUT2D eigenvalue weighted by Crippen LogP contribution is 2.27. The van der Waals surface area contributed by atoms with Crippen molar-refractivity contribution in [2.45, 2.75) is 59.5 Å². The third-order valence-electron chi connectivity index (χ3n) is 5.07. The molecule has 0 radical (unpaired) electrons. The number of halogens is 2. The fraction of sp³-hybridized carbons (Fsp3) is 0.400. The lowest BCUT2D eigenvalue weighted by molar-refractivity contribution is -0.124. The number of hydrogen-bond acceptors (Lipinski definition) is 6. The van der Waals surface area contributed by atoms with Crippen molar-refractivity contribution < 1.29 is 18.4 Å². The van der Waals surface area contributed by atoms with Crippen molar-refractivity contribution in [1.29, 1.82) is 0 Å². The number of alkyl halides is 2. The minimum Gasteiger partial charge on any atom is -0.365 e. The highest BCUT2D eigenvalue weighted by atomic mass is 19.3. The lowest BCUT2D eigenvalue weighted by Crippen LogP contribution is -2.27. The topological polar surface area (TPSA) is 96.9 Å². The molecule has 0 bridgehead atoms. The van der Waals surface area contributed by atoms with Gasteiger partial charge in [0.05, 0.1) is 5.52 Å². The molecule has 0 fully saturated rings. The minimum absolute atomic E-state index is 0.0944. The Kier molecular flexibility index (Phi) is 7.54. The van der Waals surface area contributed by atoms with E-state index in [4.69, 9.17) is 0 Å². The molecule has 180 valence electrons. The first kappa shape index (κ1) is 25.1. The van der Waals surface area contributed by atoms with Crippen LogP contribution < -0.4 is 10.6 Å². The molecule has 0 spiro atoms. The van der Waals surface area contributed by atoms with Crippen LogP contribution in [0.2, 0.25) is 0 Å². The molecule has 1 amide bonds. The lowest BCUT2D eigenvalue weighted by atomic mass is 9.98. The number of hydrogen-bond donors (Lipinski definition) is 2. The van der Waals surface area contributed by atoms with Gasteiger partial charge in [-0.2, -0.15) is 0 Å². The van der Waals surface area contributed by atoms with Crippen LogP contribution in [0.5, 0.6) is 0 Å². The van der Waals surface area contributed by atoms with Crippen LogP contribution >= 0.6 is 0 Å². The average molecular weight is 470 g/mol. The Morgan fingerprint density at radius 3 is 2.47 bits per heavy atom. The Bertz CT molecular complexity index is 1210. The summed E-state index contributed by atoms with van der Waals surface area (Å²) in [5.41, 5.74) is 0.666. The second kappa shape index (κ2) is 10.2. The molecular weight excluding hydrogens is 440 g/mol. The van der Waals surface area contributed by atoms with E-state index >= 15 is 0 Å². The average Bonchev–Trinajstić information content (AvgIpc) is 2.76. The van der Waals surface area contributed by atoms with Gasteiger partial charge in [-0.25, -0.2) is 18.7 Å². The van der Waals surface area contributed by atoms with Crippen molar-refractivity contribution >= 4 is 28.4 Å². The van der Waals surface area contributed by atoms with Crippen molar-refractivity contribution in [3.05, 3.63) is 59.2 Å². The zero-order valence-electron chi connectivity index (χ0n) is 19.9. The molecule has 0 atom stereocenters. The summed E-state index contributed by atoms with van der Waals surface area (Å²) in [6.45, 7) is 9.60. The summed E-state index contributed by atoms with van der Waals surface area (Å²) in [4.78, 5) is 37.5. The predicted octanol–water partition coefficient (Wildman–Crippen LogP) is 4.87. The molecule has 9 heteroatoms. The van der Waals surface area contributed by atoms with E-state index in [1.165, 1.54) is 18.6 Å². The molecule has 0 aliphatic heterocycles. The molecule has 0 aliphatic rings. The van der Waals surface area contributed by atoms with E-state index in [-0.39, 0.29) is 35.9 Å². The van der Waals surface area contributed by atoms with Gasteiger partial charge >= 0.3 is 0 Å². The zero-order valence-corrected chi connectivity index (χ0v) is 19.9. The van der Waals surface area contributed by atoms with Gasteiger partial charge in [0.25, 0.3) is 6.43 Å².